The van der Waals surface area contributed by atoms with Crippen LogP contribution in [0.3, 0.4) is 0 Å². The maximum absolute atomic E-state index is 13.8. The summed E-state index contributed by atoms with van der Waals surface area (Å²) in [5.41, 5.74) is 6.48. The van der Waals surface area contributed by atoms with Gasteiger partial charge in [0.2, 0.25) is 5.91 Å². The molecule has 0 bridgehead atoms. The predicted molar refractivity (Wildman–Crippen MR) is 118 cm³/mol. The summed E-state index contributed by atoms with van der Waals surface area (Å²) in [6.45, 7) is 0.853. The molecule has 8 nitrogen and oxygen atoms in total. The van der Waals surface area contributed by atoms with Crippen molar-refractivity contribution in [3.8, 4) is 0 Å². The zero-order chi connectivity index (χ0) is 23.3. The zero-order valence-corrected chi connectivity index (χ0v) is 18.8. The number of carbonyl (C=O) groups excluding carboxylic acids is 2. The van der Waals surface area contributed by atoms with Crippen molar-refractivity contribution in [3.05, 3.63) is 64.9 Å². The van der Waals surface area contributed by atoms with Crippen LogP contribution in [0.2, 0.25) is 5.02 Å². The van der Waals surface area contributed by atoms with Crippen molar-refractivity contribution < 1.29 is 22.4 Å². The minimum absolute atomic E-state index is 0.0471. The molecule has 3 N–H and O–H groups in total. The number of nitrogens with one attached hydrogen (secondary N) is 1. The molecule has 0 saturated carbocycles. The van der Waals surface area contributed by atoms with E-state index in [1.807, 2.05) is 4.72 Å². The molecule has 0 aromatic heterocycles. The maximum Gasteiger partial charge on any atom is 0.331 e. The average molecular weight is 483 g/mol. The van der Waals surface area contributed by atoms with E-state index in [0.29, 0.717) is 10.6 Å². The van der Waals surface area contributed by atoms with Crippen LogP contribution < -0.4 is 10.5 Å². The lowest BCUT2D eigenvalue weighted by Crippen LogP contribution is -2.54. The Kier molecular flexibility index (Phi) is 7.70. The number of hydrogen-bond acceptors (Lipinski definition) is 5. The topological polar surface area (TPSA) is 113 Å². The van der Waals surface area contributed by atoms with E-state index in [0.717, 1.165) is 0 Å². The molecule has 1 fully saturated rings. The van der Waals surface area contributed by atoms with Crippen LogP contribution in [0.5, 0.6) is 0 Å². The van der Waals surface area contributed by atoms with Crippen LogP contribution in [0.1, 0.15) is 12.0 Å². The molecule has 1 atom stereocenters. The van der Waals surface area contributed by atoms with Gasteiger partial charge < -0.3 is 15.5 Å². The molecule has 1 saturated heterocycles. The summed E-state index contributed by atoms with van der Waals surface area (Å²) in [5, 5.41) is 0.379. The molecule has 0 unspecified atom stereocenters. The van der Waals surface area contributed by atoms with E-state index in [9.17, 15) is 22.4 Å². The van der Waals surface area contributed by atoms with Gasteiger partial charge in [-0.3, -0.25) is 4.79 Å². The third-order valence-corrected chi connectivity index (χ3v) is 6.73. The third-order valence-electron chi connectivity index (χ3n) is 5.14. The maximum atomic E-state index is 13.8. The molecule has 0 spiro atoms. The Hall–Kier alpha value is -2.69. The first-order valence-electron chi connectivity index (χ1n) is 10.00. The number of hydrogen-bond donors (Lipinski definition) is 2. The van der Waals surface area contributed by atoms with Gasteiger partial charge in [0, 0.05) is 43.7 Å². The Bertz CT molecular complexity index is 1070. The monoisotopic (exact) mass is 482 g/mol. The number of carbonyl (C=O) groups is 2. The number of halogens is 2. The van der Waals surface area contributed by atoms with Crippen molar-refractivity contribution in [2.75, 3.05) is 26.2 Å². The number of sulfonamides is 1. The molecule has 2 aromatic rings. The summed E-state index contributed by atoms with van der Waals surface area (Å²) in [7, 11) is -4.03. The van der Waals surface area contributed by atoms with Crippen molar-refractivity contribution in [3.63, 3.8) is 0 Å². The minimum Gasteiger partial charge on any atom is -0.339 e. The summed E-state index contributed by atoms with van der Waals surface area (Å²) >= 11 is 5.76. The fraction of sp³-hybridized carbons (Fsp3) is 0.333. The quantitative estimate of drug-likeness (QED) is 0.653. The first kappa shape index (κ1) is 24.0. The molecule has 11 heteroatoms. The minimum atomic E-state index is -4.03. The second-order valence-electron chi connectivity index (χ2n) is 7.49. The zero-order valence-electron chi connectivity index (χ0n) is 17.2. The number of nitrogens with zero attached hydrogens (tertiary/aromatic N) is 2. The summed E-state index contributed by atoms with van der Waals surface area (Å²) in [4.78, 5) is 27.7. The van der Waals surface area contributed by atoms with Crippen LogP contribution in [0.4, 0.5) is 9.18 Å². The highest BCUT2D eigenvalue weighted by Gasteiger charge is 2.28. The lowest BCUT2D eigenvalue weighted by atomic mass is 10.0. The molecule has 172 valence electrons. The van der Waals surface area contributed by atoms with Crippen LogP contribution in [-0.4, -0.2) is 62.4 Å². The summed E-state index contributed by atoms with van der Waals surface area (Å²) in [6.07, 6.45) is 0.287. The highest BCUT2D eigenvalue weighted by molar-refractivity contribution is 7.90. The lowest BCUT2D eigenvalue weighted by Gasteiger charge is -2.35. The molecule has 0 radical (unpaired) electrons. The smallest absolute Gasteiger partial charge is 0.331 e. The summed E-state index contributed by atoms with van der Waals surface area (Å²) < 4.78 is 40.5. The van der Waals surface area contributed by atoms with Gasteiger partial charge in [-0.1, -0.05) is 29.8 Å². The summed E-state index contributed by atoms with van der Waals surface area (Å²) in [5.74, 6) is -0.550. The third kappa shape index (κ3) is 6.18. The van der Waals surface area contributed by atoms with Gasteiger partial charge in [-0.2, -0.15) is 0 Å². The van der Waals surface area contributed by atoms with Gasteiger partial charge in [-0.15, -0.1) is 0 Å². The average Bonchev–Trinajstić information content (AvgIpc) is 2.75. The molecule has 3 rings (SSSR count). The molecular weight excluding hydrogens is 459 g/mol. The highest BCUT2D eigenvalue weighted by atomic mass is 35.5. The van der Waals surface area contributed by atoms with Gasteiger partial charge in [0.15, 0.2) is 0 Å². The normalized spacial score (nSPS) is 15.3. The predicted octanol–water partition coefficient (Wildman–Crippen LogP) is 1.98. The first-order valence-corrected chi connectivity index (χ1v) is 11.9. The van der Waals surface area contributed by atoms with Crippen molar-refractivity contribution >= 4 is 33.6 Å². The van der Waals surface area contributed by atoms with E-state index < -0.39 is 22.1 Å². The van der Waals surface area contributed by atoms with Crippen LogP contribution >= 0.6 is 11.6 Å². The SMILES string of the molecule is N[C@@H](CC(=O)N1CCN(C(=O)NS(=O)(=O)c2ccc(Cl)cc2)CC1)Cc1ccccc1F. The van der Waals surface area contributed by atoms with E-state index in [-0.39, 0.29) is 55.6 Å². The summed E-state index contributed by atoms with van der Waals surface area (Å²) in [6, 6.07) is 10.4. The highest BCUT2D eigenvalue weighted by Crippen LogP contribution is 2.15. The van der Waals surface area contributed by atoms with Gasteiger partial charge in [0.1, 0.15) is 5.82 Å². The van der Waals surface area contributed by atoms with E-state index in [1.54, 1.807) is 23.1 Å². The van der Waals surface area contributed by atoms with Crippen molar-refractivity contribution in [2.45, 2.75) is 23.8 Å². The molecule has 0 aliphatic carbocycles. The van der Waals surface area contributed by atoms with Crippen LogP contribution in [-0.2, 0) is 21.2 Å². The van der Waals surface area contributed by atoms with Crippen molar-refractivity contribution in [2.24, 2.45) is 5.73 Å². The fourth-order valence-corrected chi connectivity index (χ4v) is 4.48. The number of benzene rings is 2. The van der Waals surface area contributed by atoms with Crippen molar-refractivity contribution in [1.29, 1.82) is 0 Å². The van der Waals surface area contributed by atoms with Crippen LogP contribution in [0.25, 0.3) is 0 Å². The molecule has 2 aromatic carbocycles. The second kappa shape index (κ2) is 10.3. The van der Waals surface area contributed by atoms with E-state index in [2.05, 4.69) is 0 Å². The van der Waals surface area contributed by atoms with Gasteiger partial charge in [0.25, 0.3) is 10.0 Å². The number of rotatable bonds is 6. The van der Waals surface area contributed by atoms with Gasteiger partial charge >= 0.3 is 6.03 Å². The molecule has 1 heterocycles. The van der Waals surface area contributed by atoms with E-state index >= 15 is 0 Å². The Labute approximate surface area is 191 Å². The van der Waals surface area contributed by atoms with Crippen LogP contribution in [0, 0.1) is 5.82 Å². The van der Waals surface area contributed by atoms with Gasteiger partial charge in [0.05, 0.1) is 4.90 Å². The molecule has 1 aliphatic heterocycles. The first-order chi connectivity index (χ1) is 15.2. The number of amides is 3. The number of piperazine rings is 1. The molecule has 1 aliphatic rings. The fourth-order valence-electron chi connectivity index (χ4n) is 3.38. The van der Waals surface area contributed by atoms with Crippen molar-refractivity contribution in [1.82, 2.24) is 14.5 Å². The second-order valence-corrected chi connectivity index (χ2v) is 9.61. The van der Waals surface area contributed by atoms with E-state index in [1.165, 1.54) is 35.2 Å². The number of nitrogens with two attached hydrogens (primary N) is 1. The Morgan fingerprint density at radius 2 is 1.62 bits per heavy atom. The molecule has 3 amide bonds. The van der Waals surface area contributed by atoms with E-state index in [4.69, 9.17) is 17.3 Å². The van der Waals surface area contributed by atoms with Gasteiger partial charge in [-0.25, -0.2) is 22.3 Å². The largest absolute Gasteiger partial charge is 0.339 e. The number of urea groups is 1. The standard InChI is InChI=1S/C21H24ClFN4O4S/c22-16-5-7-18(8-6-16)32(30,31)25-21(29)27-11-9-26(10-12-27)20(28)14-17(24)13-15-3-1-2-4-19(15)23/h1-8,17H,9-14,24H2,(H,25,29)/t17-/m1/s1. The molecular formula is C21H24ClFN4O4S. The van der Waals surface area contributed by atoms with Gasteiger partial charge in [-0.05, 0) is 42.3 Å². The Morgan fingerprint density at radius 3 is 2.25 bits per heavy atom. The van der Waals surface area contributed by atoms with Crippen LogP contribution in [0.15, 0.2) is 53.4 Å². The molecule has 32 heavy (non-hydrogen) atoms. The Morgan fingerprint density at radius 1 is 1.03 bits per heavy atom. The Balaban J connectivity index is 1.48. The lowest BCUT2D eigenvalue weighted by molar-refractivity contribution is -0.132.